The first-order valence-electron chi connectivity index (χ1n) is 4.23. The lowest BCUT2D eigenvalue weighted by atomic mass is 10.3. The first-order valence-corrected chi connectivity index (χ1v) is 5.14. The van der Waals surface area contributed by atoms with E-state index in [0.29, 0.717) is 0 Å². The van der Waals surface area contributed by atoms with Crippen molar-refractivity contribution < 1.29 is 22.7 Å². The fraction of sp³-hybridized carbons (Fsp3) is 0.222. The molecule has 0 aromatic heterocycles. The second-order valence-electron chi connectivity index (χ2n) is 2.87. The zero-order valence-corrected chi connectivity index (χ0v) is 9.66. The summed E-state index contributed by atoms with van der Waals surface area (Å²) >= 11 is 10.9. The number of carbonyl (C=O) groups excluding carboxylic acids is 1. The summed E-state index contributed by atoms with van der Waals surface area (Å²) in [5.41, 5.74) is 0.159. The predicted octanol–water partition coefficient (Wildman–Crippen LogP) is 3.42. The zero-order chi connectivity index (χ0) is 13.1. The summed E-state index contributed by atoms with van der Waals surface area (Å²) < 4.78 is 39.3. The molecule has 8 heteroatoms. The van der Waals surface area contributed by atoms with Gasteiger partial charge >= 0.3 is 6.36 Å². The average molecular weight is 288 g/mol. The molecule has 0 fully saturated rings. The molecule has 3 nitrogen and oxygen atoms in total. The number of alkyl halides is 4. The molecule has 1 rings (SSSR count). The highest BCUT2D eigenvalue weighted by molar-refractivity contribution is 6.34. The van der Waals surface area contributed by atoms with Crippen LogP contribution in [0.3, 0.4) is 0 Å². The summed E-state index contributed by atoms with van der Waals surface area (Å²) in [6, 6.07) is 3.16. The summed E-state index contributed by atoms with van der Waals surface area (Å²) in [4.78, 5) is 10.9. The average Bonchev–Trinajstić information content (AvgIpc) is 2.19. The number of benzene rings is 1. The van der Waals surface area contributed by atoms with Crippen molar-refractivity contribution in [1.82, 2.24) is 0 Å². The molecule has 0 aliphatic heterocycles. The van der Waals surface area contributed by atoms with Crippen LogP contribution in [0.5, 0.6) is 5.75 Å². The Balaban J connectivity index is 2.83. The Morgan fingerprint density at radius 3 is 2.53 bits per heavy atom. The molecule has 0 saturated heterocycles. The smallest absolute Gasteiger partial charge is 0.406 e. The molecule has 17 heavy (non-hydrogen) atoms. The van der Waals surface area contributed by atoms with Crippen LogP contribution in [0.2, 0.25) is 5.02 Å². The van der Waals surface area contributed by atoms with E-state index in [-0.39, 0.29) is 16.6 Å². The summed E-state index contributed by atoms with van der Waals surface area (Å²) in [5, 5.41) is 2.23. The fourth-order valence-electron chi connectivity index (χ4n) is 0.978. The van der Waals surface area contributed by atoms with E-state index in [9.17, 15) is 18.0 Å². The molecule has 0 unspecified atom stereocenters. The highest BCUT2D eigenvalue weighted by Crippen LogP contribution is 2.30. The molecule has 1 N–H and O–H groups in total. The van der Waals surface area contributed by atoms with Gasteiger partial charge in [-0.2, -0.15) is 0 Å². The van der Waals surface area contributed by atoms with Gasteiger partial charge in [-0.05, 0) is 12.1 Å². The van der Waals surface area contributed by atoms with Crippen molar-refractivity contribution in [2.45, 2.75) is 6.36 Å². The van der Waals surface area contributed by atoms with Crippen molar-refractivity contribution in [3.05, 3.63) is 23.2 Å². The van der Waals surface area contributed by atoms with Gasteiger partial charge in [0.2, 0.25) is 5.91 Å². The topological polar surface area (TPSA) is 38.3 Å². The van der Waals surface area contributed by atoms with Crippen LogP contribution in [0.15, 0.2) is 18.2 Å². The standard InChI is InChI=1S/C9H6Cl2F3NO2/c10-4-8(16)15-7-2-1-5(3-6(7)11)17-9(12,13)14/h1-3H,4H2,(H,15,16). The summed E-state index contributed by atoms with van der Waals surface area (Å²) in [6.07, 6.45) is -4.79. The van der Waals surface area contributed by atoms with Crippen LogP contribution in [0.4, 0.5) is 18.9 Å². The monoisotopic (exact) mass is 287 g/mol. The Hall–Kier alpha value is -1.14. The van der Waals surface area contributed by atoms with E-state index in [4.69, 9.17) is 23.2 Å². The molecule has 0 aliphatic carbocycles. The maximum atomic E-state index is 11.9. The van der Waals surface area contributed by atoms with Gasteiger partial charge in [0, 0.05) is 6.07 Å². The molecule has 1 aromatic rings. The molecule has 1 aromatic carbocycles. The number of ether oxygens (including phenoxy) is 1. The van der Waals surface area contributed by atoms with E-state index >= 15 is 0 Å². The number of anilines is 1. The molecular weight excluding hydrogens is 282 g/mol. The molecule has 0 heterocycles. The van der Waals surface area contributed by atoms with Crippen LogP contribution >= 0.6 is 23.2 Å². The lowest BCUT2D eigenvalue weighted by Crippen LogP contribution is -2.17. The zero-order valence-electron chi connectivity index (χ0n) is 8.15. The maximum absolute atomic E-state index is 11.9. The molecule has 94 valence electrons. The van der Waals surface area contributed by atoms with Crippen molar-refractivity contribution in [3.8, 4) is 5.75 Å². The predicted molar refractivity (Wildman–Crippen MR) is 57.5 cm³/mol. The number of hydrogen-bond acceptors (Lipinski definition) is 2. The van der Waals surface area contributed by atoms with Gasteiger partial charge in [-0.25, -0.2) is 0 Å². The van der Waals surface area contributed by atoms with Crippen LogP contribution in [0.1, 0.15) is 0 Å². The Labute approximate surface area is 104 Å². The molecule has 0 saturated carbocycles. The fourth-order valence-corrected chi connectivity index (χ4v) is 1.26. The van der Waals surface area contributed by atoms with Gasteiger partial charge in [0.15, 0.2) is 0 Å². The van der Waals surface area contributed by atoms with Crippen molar-refractivity contribution in [3.63, 3.8) is 0 Å². The molecule has 0 atom stereocenters. The summed E-state index contributed by atoms with van der Waals surface area (Å²) in [5.74, 6) is -1.26. The van der Waals surface area contributed by atoms with E-state index < -0.39 is 18.0 Å². The molecule has 1 amide bonds. The first kappa shape index (κ1) is 13.9. The Bertz CT molecular complexity index is 423. The van der Waals surface area contributed by atoms with Crippen LogP contribution in [-0.4, -0.2) is 18.1 Å². The van der Waals surface area contributed by atoms with Crippen LogP contribution in [-0.2, 0) is 4.79 Å². The van der Waals surface area contributed by atoms with Gasteiger partial charge in [0.25, 0.3) is 0 Å². The second kappa shape index (κ2) is 5.46. The Morgan fingerprint density at radius 1 is 1.41 bits per heavy atom. The maximum Gasteiger partial charge on any atom is 0.573 e. The van der Waals surface area contributed by atoms with Gasteiger partial charge < -0.3 is 10.1 Å². The van der Waals surface area contributed by atoms with E-state index in [1.165, 1.54) is 6.07 Å². The highest BCUT2D eigenvalue weighted by Gasteiger charge is 2.31. The van der Waals surface area contributed by atoms with Gasteiger partial charge in [-0.1, -0.05) is 11.6 Å². The van der Waals surface area contributed by atoms with Crippen LogP contribution in [0.25, 0.3) is 0 Å². The summed E-state index contributed by atoms with van der Waals surface area (Å²) in [7, 11) is 0. The largest absolute Gasteiger partial charge is 0.573 e. The number of nitrogens with one attached hydrogen (secondary N) is 1. The minimum absolute atomic E-state index is 0.0785. The molecule has 0 bridgehead atoms. The first-order chi connectivity index (χ1) is 7.81. The molecule has 0 spiro atoms. The molecule has 0 radical (unpaired) electrons. The Kier molecular flexibility index (Phi) is 4.47. The third-order valence-corrected chi connectivity index (χ3v) is 2.13. The number of carbonyl (C=O) groups is 1. The third-order valence-electron chi connectivity index (χ3n) is 1.57. The van der Waals surface area contributed by atoms with Crippen LogP contribution in [0, 0.1) is 0 Å². The highest BCUT2D eigenvalue weighted by atomic mass is 35.5. The number of amides is 1. The minimum Gasteiger partial charge on any atom is -0.406 e. The number of hydrogen-bond donors (Lipinski definition) is 1. The van der Waals surface area contributed by atoms with Crippen molar-refractivity contribution >= 4 is 34.8 Å². The van der Waals surface area contributed by atoms with Crippen molar-refractivity contribution in [2.75, 3.05) is 11.2 Å². The Morgan fingerprint density at radius 2 is 2.06 bits per heavy atom. The normalized spacial score (nSPS) is 11.1. The van der Waals surface area contributed by atoms with Gasteiger partial charge in [-0.3, -0.25) is 4.79 Å². The van der Waals surface area contributed by atoms with Crippen molar-refractivity contribution in [1.29, 1.82) is 0 Å². The second-order valence-corrected chi connectivity index (χ2v) is 3.55. The molecule has 0 aliphatic rings. The third kappa shape index (κ3) is 4.70. The van der Waals surface area contributed by atoms with Gasteiger partial charge in [0.1, 0.15) is 11.6 Å². The van der Waals surface area contributed by atoms with E-state index in [0.717, 1.165) is 12.1 Å². The quantitative estimate of drug-likeness (QED) is 0.865. The van der Waals surface area contributed by atoms with Gasteiger partial charge in [-0.15, -0.1) is 24.8 Å². The van der Waals surface area contributed by atoms with E-state index in [2.05, 4.69) is 10.1 Å². The van der Waals surface area contributed by atoms with Crippen molar-refractivity contribution in [2.24, 2.45) is 0 Å². The lowest BCUT2D eigenvalue weighted by molar-refractivity contribution is -0.274. The van der Waals surface area contributed by atoms with Gasteiger partial charge in [0.05, 0.1) is 10.7 Å². The number of rotatable bonds is 3. The van der Waals surface area contributed by atoms with Crippen LogP contribution < -0.4 is 10.1 Å². The minimum atomic E-state index is -4.79. The van der Waals surface area contributed by atoms with E-state index in [1.54, 1.807) is 0 Å². The number of halogens is 5. The summed E-state index contributed by atoms with van der Waals surface area (Å²) in [6.45, 7) is 0. The SMILES string of the molecule is O=C(CCl)Nc1ccc(OC(F)(F)F)cc1Cl. The molecular formula is C9H6Cl2F3NO2. The van der Waals surface area contributed by atoms with E-state index in [1.807, 2.05) is 0 Å². The lowest BCUT2D eigenvalue weighted by Gasteiger charge is -2.11.